The fraction of sp³-hybridized carbons (Fsp3) is 1.00. The SMILES string of the molecule is COCCC(C)(O)C1CCCCCN1. The Morgan fingerprint density at radius 2 is 2.21 bits per heavy atom. The first-order chi connectivity index (χ1) is 6.67. The maximum Gasteiger partial charge on any atom is 0.0793 e. The van der Waals surface area contributed by atoms with Crippen LogP contribution in [0.2, 0.25) is 0 Å². The predicted molar refractivity (Wildman–Crippen MR) is 57.4 cm³/mol. The number of hydrogen-bond acceptors (Lipinski definition) is 3. The maximum absolute atomic E-state index is 10.3. The largest absolute Gasteiger partial charge is 0.388 e. The van der Waals surface area contributed by atoms with E-state index in [1.54, 1.807) is 7.11 Å². The summed E-state index contributed by atoms with van der Waals surface area (Å²) in [5.41, 5.74) is -0.625. The molecule has 3 heteroatoms. The van der Waals surface area contributed by atoms with Crippen molar-refractivity contribution in [1.29, 1.82) is 0 Å². The lowest BCUT2D eigenvalue weighted by atomic mass is 9.90. The molecule has 1 heterocycles. The zero-order chi connectivity index (χ0) is 10.4. The second-order valence-corrected chi connectivity index (χ2v) is 4.46. The van der Waals surface area contributed by atoms with E-state index in [1.807, 2.05) is 6.92 Å². The van der Waals surface area contributed by atoms with E-state index >= 15 is 0 Å². The number of nitrogens with one attached hydrogen (secondary N) is 1. The molecule has 0 aromatic heterocycles. The van der Waals surface area contributed by atoms with Gasteiger partial charge in [0.2, 0.25) is 0 Å². The van der Waals surface area contributed by atoms with Crippen LogP contribution < -0.4 is 5.32 Å². The molecule has 3 nitrogen and oxygen atoms in total. The van der Waals surface area contributed by atoms with Gasteiger partial charge >= 0.3 is 0 Å². The number of rotatable bonds is 4. The molecular formula is C11H23NO2. The molecule has 2 unspecified atom stereocenters. The Balaban J connectivity index is 2.41. The lowest BCUT2D eigenvalue weighted by Gasteiger charge is -2.32. The smallest absolute Gasteiger partial charge is 0.0793 e. The van der Waals surface area contributed by atoms with E-state index in [1.165, 1.54) is 19.3 Å². The molecule has 0 radical (unpaired) electrons. The molecule has 0 spiro atoms. The van der Waals surface area contributed by atoms with Gasteiger partial charge in [-0.15, -0.1) is 0 Å². The van der Waals surface area contributed by atoms with Gasteiger partial charge in [0, 0.05) is 26.2 Å². The van der Waals surface area contributed by atoms with Gasteiger partial charge in [-0.2, -0.15) is 0 Å². The van der Waals surface area contributed by atoms with Crippen molar-refractivity contribution in [1.82, 2.24) is 5.32 Å². The Morgan fingerprint density at radius 3 is 2.93 bits per heavy atom. The van der Waals surface area contributed by atoms with E-state index in [9.17, 15) is 5.11 Å². The predicted octanol–water partition coefficient (Wildman–Crippen LogP) is 1.31. The Hall–Kier alpha value is -0.120. The molecule has 2 atom stereocenters. The Bertz CT molecular complexity index is 151. The first-order valence-corrected chi connectivity index (χ1v) is 5.61. The maximum atomic E-state index is 10.3. The van der Waals surface area contributed by atoms with Crippen LogP contribution in [0.5, 0.6) is 0 Å². The van der Waals surface area contributed by atoms with Crippen molar-refractivity contribution in [3.63, 3.8) is 0 Å². The van der Waals surface area contributed by atoms with Crippen molar-refractivity contribution in [3.8, 4) is 0 Å². The average Bonchev–Trinajstić information content (AvgIpc) is 2.43. The highest BCUT2D eigenvalue weighted by atomic mass is 16.5. The highest BCUT2D eigenvalue weighted by Crippen LogP contribution is 2.21. The fourth-order valence-corrected chi connectivity index (χ4v) is 2.04. The molecule has 14 heavy (non-hydrogen) atoms. The molecule has 1 aliphatic rings. The summed E-state index contributed by atoms with van der Waals surface area (Å²) in [5.74, 6) is 0. The summed E-state index contributed by atoms with van der Waals surface area (Å²) < 4.78 is 5.01. The topological polar surface area (TPSA) is 41.5 Å². The van der Waals surface area contributed by atoms with Crippen molar-refractivity contribution in [2.45, 2.75) is 50.7 Å². The number of aliphatic hydroxyl groups is 1. The summed E-state index contributed by atoms with van der Waals surface area (Å²) in [6.07, 6.45) is 5.53. The molecule has 0 saturated carbocycles. The van der Waals surface area contributed by atoms with Crippen LogP contribution in [0.1, 0.15) is 39.0 Å². The fourth-order valence-electron chi connectivity index (χ4n) is 2.04. The highest BCUT2D eigenvalue weighted by Gasteiger charge is 2.31. The summed E-state index contributed by atoms with van der Waals surface area (Å²) in [5, 5.41) is 13.7. The number of ether oxygens (including phenoxy) is 1. The standard InChI is InChI=1S/C11H23NO2/c1-11(13,7-9-14-2)10-6-4-3-5-8-12-10/h10,12-13H,3-9H2,1-2H3. The van der Waals surface area contributed by atoms with E-state index in [-0.39, 0.29) is 6.04 Å². The van der Waals surface area contributed by atoms with E-state index in [2.05, 4.69) is 5.32 Å². The van der Waals surface area contributed by atoms with Crippen molar-refractivity contribution < 1.29 is 9.84 Å². The van der Waals surface area contributed by atoms with Gasteiger partial charge in [0.25, 0.3) is 0 Å². The van der Waals surface area contributed by atoms with E-state index in [4.69, 9.17) is 4.74 Å². The van der Waals surface area contributed by atoms with Crippen LogP contribution in [-0.4, -0.2) is 37.0 Å². The van der Waals surface area contributed by atoms with Gasteiger partial charge in [0.1, 0.15) is 0 Å². The third-order valence-electron chi connectivity index (χ3n) is 3.12. The van der Waals surface area contributed by atoms with Crippen LogP contribution in [0, 0.1) is 0 Å². The lowest BCUT2D eigenvalue weighted by molar-refractivity contribution is -0.00935. The Kier molecular flexibility index (Phi) is 4.85. The van der Waals surface area contributed by atoms with Gasteiger partial charge in [-0.3, -0.25) is 0 Å². The van der Waals surface area contributed by atoms with Crippen molar-refractivity contribution in [3.05, 3.63) is 0 Å². The minimum Gasteiger partial charge on any atom is -0.388 e. The molecule has 1 aliphatic heterocycles. The normalized spacial score (nSPS) is 28.1. The molecule has 0 bridgehead atoms. The van der Waals surface area contributed by atoms with E-state index in [0.717, 1.165) is 13.0 Å². The summed E-state index contributed by atoms with van der Waals surface area (Å²) in [7, 11) is 1.68. The van der Waals surface area contributed by atoms with Crippen molar-refractivity contribution in [2.24, 2.45) is 0 Å². The minimum absolute atomic E-state index is 0.236. The second kappa shape index (κ2) is 5.69. The zero-order valence-corrected chi connectivity index (χ0v) is 9.38. The van der Waals surface area contributed by atoms with Crippen LogP contribution in [-0.2, 0) is 4.74 Å². The van der Waals surface area contributed by atoms with Gasteiger partial charge < -0.3 is 15.2 Å². The van der Waals surface area contributed by atoms with E-state index < -0.39 is 5.60 Å². The molecule has 1 rings (SSSR count). The third-order valence-corrected chi connectivity index (χ3v) is 3.12. The highest BCUT2D eigenvalue weighted by molar-refractivity contribution is 4.88. The van der Waals surface area contributed by atoms with Crippen LogP contribution in [0.3, 0.4) is 0 Å². The Morgan fingerprint density at radius 1 is 1.43 bits per heavy atom. The first kappa shape index (κ1) is 12.0. The van der Waals surface area contributed by atoms with Crippen molar-refractivity contribution in [2.75, 3.05) is 20.3 Å². The summed E-state index contributed by atoms with van der Waals surface area (Å²) >= 11 is 0. The summed E-state index contributed by atoms with van der Waals surface area (Å²) in [4.78, 5) is 0. The van der Waals surface area contributed by atoms with Gasteiger partial charge in [0.15, 0.2) is 0 Å². The van der Waals surface area contributed by atoms with Crippen LogP contribution in [0.4, 0.5) is 0 Å². The second-order valence-electron chi connectivity index (χ2n) is 4.46. The first-order valence-electron chi connectivity index (χ1n) is 5.61. The number of methoxy groups -OCH3 is 1. The lowest BCUT2D eigenvalue weighted by Crippen LogP contribution is -2.49. The van der Waals surface area contributed by atoms with Crippen LogP contribution in [0.15, 0.2) is 0 Å². The molecule has 0 aliphatic carbocycles. The molecular weight excluding hydrogens is 178 g/mol. The number of hydrogen-bond donors (Lipinski definition) is 2. The molecule has 0 aromatic carbocycles. The van der Waals surface area contributed by atoms with Gasteiger partial charge in [-0.1, -0.05) is 12.8 Å². The van der Waals surface area contributed by atoms with Crippen LogP contribution >= 0.6 is 0 Å². The van der Waals surface area contributed by atoms with Gasteiger partial charge in [0.05, 0.1) is 5.60 Å². The monoisotopic (exact) mass is 201 g/mol. The third kappa shape index (κ3) is 3.56. The zero-order valence-electron chi connectivity index (χ0n) is 9.38. The molecule has 0 amide bonds. The molecule has 84 valence electrons. The van der Waals surface area contributed by atoms with Gasteiger partial charge in [-0.25, -0.2) is 0 Å². The minimum atomic E-state index is -0.625. The molecule has 1 fully saturated rings. The summed E-state index contributed by atoms with van der Waals surface area (Å²) in [6, 6.07) is 0.236. The van der Waals surface area contributed by atoms with Crippen LogP contribution in [0.25, 0.3) is 0 Å². The summed E-state index contributed by atoms with van der Waals surface area (Å²) in [6.45, 7) is 3.58. The van der Waals surface area contributed by atoms with Crippen molar-refractivity contribution >= 4 is 0 Å². The van der Waals surface area contributed by atoms with E-state index in [0.29, 0.717) is 13.0 Å². The average molecular weight is 201 g/mol. The molecule has 1 saturated heterocycles. The van der Waals surface area contributed by atoms with Gasteiger partial charge in [-0.05, 0) is 26.3 Å². The molecule has 2 N–H and O–H groups in total. The molecule has 0 aromatic rings. The quantitative estimate of drug-likeness (QED) is 0.720. The Labute approximate surface area is 86.8 Å².